The molecule has 182 valence electrons. The molecule has 1 fully saturated rings. The quantitative estimate of drug-likeness (QED) is 0.465. The van der Waals surface area contributed by atoms with Crippen molar-refractivity contribution in [3.05, 3.63) is 53.5 Å². The highest BCUT2D eigenvalue weighted by Gasteiger charge is 2.23. The number of fused-ring (bicyclic) bond motifs is 1. The van der Waals surface area contributed by atoms with Crippen LogP contribution in [0.3, 0.4) is 0 Å². The van der Waals surface area contributed by atoms with E-state index in [1.54, 1.807) is 13.0 Å². The monoisotopic (exact) mass is 466 g/mol. The first kappa shape index (κ1) is 24.1. The Balaban J connectivity index is 1.21. The molecule has 2 heterocycles. The minimum absolute atomic E-state index is 0.00856. The molecule has 34 heavy (non-hydrogen) atoms. The van der Waals surface area contributed by atoms with Gasteiger partial charge in [-0.25, -0.2) is 9.97 Å². The van der Waals surface area contributed by atoms with Crippen LogP contribution in [0.25, 0.3) is 0 Å². The topological polar surface area (TPSA) is 119 Å². The van der Waals surface area contributed by atoms with Crippen molar-refractivity contribution in [2.75, 3.05) is 25.0 Å². The zero-order chi connectivity index (χ0) is 23.9. The second kappa shape index (κ2) is 11.4. The van der Waals surface area contributed by atoms with Gasteiger partial charge in [0.05, 0.1) is 6.10 Å². The summed E-state index contributed by atoms with van der Waals surface area (Å²) in [5.74, 6) is 0.285. The van der Waals surface area contributed by atoms with Gasteiger partial charge in [0.1, 0.15) is 17.8 Å². The summed E-state index contributed by atoms with van der Waals surface area (Å²) >= 11 is 0. The lowest BCUT2D eigenvalue weighted by molar-refractivity contribution is -0.119. The molecular formula is C25H34N6O3. The molecule has 0 bridgehead atoms. The average Bonchev–Trinajstić information content (AvgIpc) is 2.83. The summed E-state index contributed by atoms with van der Waals surface area (Å²) in [4.78, 5) is 34.4. The summed E-state index contributed by atoms with van der Waals surface area (Å²) < 4.78 is 0. The second-order valence-corrected chi connectivity index (χ2v) is 9.30. The first-order chi connectivity index (χ1) is 16.5. The number of nitrogens with zero attached hydrogens (tertiary/aromatic N) is 3. The molecule has 0 saturated heterocycles. The summed E-state index contributed by atoms with van der Waals surface area (Å²) in [5, 5.41) is 19.6. The molecule has 9 nitrogen and oxygen atoms in total. The Bertz CT molecular complexity index is 992. The van der Waals surface area contributed by atoms with E-state index in [2.05, 4.69) is 49.0 Å². The summed E-state index contributed by atoms with van der Waals surface area (Å²) in [6, 6.07) is 10.5. The number of carbonyl (C=O) groups excluding carboxylic acids is 2. The molecule has 1 aliphatic heterocycles. The Hall–Kier alpha value is -3.04. The lowest BCUT2D eigenvalue weighted by Crippen LogP contribution is -2.42. The van der Waals surface area contributed by atoms with Crippen LogP contribution in [-0.4, -0.2) is 69.6 Å². The molecule has 4 N–H and O–H groups in total. The van der Waals surface area contributed by atoms with Crippen molar-refractivity contribution in [2.45, 2.75) is 63.8 Å². The Labute approximate surface area is 200 Å². The van der Waals surface area contributed by atoms with Crippen LogP contribution in [0, 0.1) is 0 Å². The van der Waals surface area contributed by atoms with Gasteiger partial charge >= 0.3 is 0 Å². The molecule has 1 saturated carbocycles. The highest BCUT2D eigenvalue weighted by atomic mass is 16.3. The smallest absolute Gasteiger partial charge is 0.270 e. The Kier molecular flexibility index (Phi) is 8.08. The van der Waals surface area contributed by atoms with E-state index >= 15 is 0 Å². The number of hydrogen-bond acceptors (Lipinski definition) is 7. The number of carbonyl (C=O) groups is 2. The molecule has 0 spiro atoms. The van der Waals surface area contributed by atoms with Gasteiger partial charge < -0.3 is 21.1 Å². The normalized spacial score (nSPS) is 21.2. The van der Waals surface area contributed by atoms with Crippen LogP contribution in [-0.2, 0) is 17.8 Å². The first-order valence-corrected chi connectivity index (χ1v) is 12.1. The van der Waals surface area contributed by atoms with E-state index in [4.69, 9.17) is 0 Å². The Morgan fingerprint density at radius 1 is 1.12 bits per heavy atom. The van der Waals surface area contributed by atoms with E-state index < -0.39 is 6.10 Å². The fourth-order valence-electron chi connectivity index (χ4n) is 4.81. The third-order valence-electron chi connectivity index (χ3n) is 6.56. The van der Waals surface area contributed by atoms with E-state index in [-0.39, 0.29) is 36.1 Å². The van der Waals surface area contributed by atoms with Crippen LogP contribution in [0.15, 0.2) is 36.7 Å². The van der Waals surface area contributed by atoms with Crippen LogP contribution < -0.4 is 16.0 Å². The highest BCUT2D eigenvalue weighted by molar-refractivity contribution is 5.92. The van der Waals surface area contributed by atoms with E-state index in [0.29, 0.717) is 12.4 Å². The van der Waals surface area contributed by atoms with Crippen molar-refractivity contribution in [2.24, 2.45) is 0 Å². The van der Waals surface area contributed by atoms with Crippen molar-refractivity contribution < 1.29 is 14.7 Å². The summed E-state index contributed by atoms with van der Waals surface area (Å²) in [6.45, 7) is 3.93. The third kappa shape index (κ3) is 6.74. The van der Waals surface area contributed by atoms with Gasteiger partial charge in [0.15, 0.2) is 0 Å². The van der Waals surface area contributed by atoms with Crippen molar-refractivity contribution >= 4 is 17.6 Å². The van der Waals surface area contributed by atoms with Crippen molar-refractivity contribution in [1.29, 1.82) is 0 Å². The number of anilines is 1. The Morgan fingerprint density at radius 3 is 2.62 bits per heavy atom. The molecule has 2 aromatic rings. The number of benzene rings is 1. The number of rotatable bonds is 8. The van der Waals surface area contributed by atoms with Gasteiger partial charge in [-0.2, -0.15) is 0 Å². The first-order valence-electron chi connectivity index (χ1n) is 12.1. The van der Waals surface area contributed by atoms with E-state index in [1.165, 1.54) is 17.5 Å². The molecule has 9 heteroatoms. The summed E-state index contributed by atoms with van der Waals surface area (Å²) in [5.41, 5.74) is 2.94. The van der Waals surface area contributed by atoms with Crippen molar-refractivity contribution in [3.8, 4) is 0 Å². The fraction of sp³-hybridized carbons (Fsp3) is 0.520. The number of amides is 2. The van der Waals surface area contributed by atoms with Crippen LogP contribution in [0.4, 0.5) is 5.82 Å². The molecule has 1 aromatic carbocycles. The third-order valence-corrected chi connectivity index (χ3v) is 6.56. The van der Waals surface area contributed by atoms with Crippen LogP contribution in [0.1, 0.15) is 54.2 Å². The van der Waals surface area contributed by atoms with Gasteiger partial charge in [-0.1, -0.05) is 24.3 Å². The van der Waals surface area contributed by atoms with Gasteiger partial charge in [0, 0.05) is 51.3 Å². The molecule has 2 amide bonds. The zero-order valence-electron chi connectivity index (χ0n) is 19.7. The molecule has 2 aliphatic rings. The van der Waals surface area contributed by atoms with Crippen LogP contribution in [0.2, 0.25) is 0 Å². The largest absolute Gasteiger partial charge is 0.390 e. The number of aromatic nitrogens is 2. The number of aliphatic hydroxyl groups excluding tert-OH is 1. The minimum Gasteiger partial charge on any atom is -0.390 e. The fourth-order valence-corrected chi connectivity index (χ4v) is 4.81. The van der Waals surface area contributed by atoms with E-state index in [9.17, 15) is 14.7 Å². The van der Waals surface area contributed by atoms with Gasteiger partial charge in [0.25, 0.3) is 5.91 Å². The van der Waals surface area contributed by atoms with Gasteiger partial charge in [-0.15, -0.1) is 0 Å². The maximum atomic E-state index is 12.6. The van der Waals surface area contributed by atoms with E-state index in [0.717, 1.165) is 45.2 Å². The number of hydrogen-bond donors (Lipinski definition) is 4. The van der Waals surface area contributed by atoms with Crippen LogP contribution in [0.5, 0.6) is 0 Å². The molecule has 1 aliphatic carbocycles. The maximum Gasteiger partial charge on any atom is 0.270 e. The Morgan fingerprint density at radius 2 is 1.85 bits per heavy atom. The average molecular weight is 467 g/mol. The summed E-state index contributed by atoms with van der Waals surface area (Å²) in [7, 11) is 0. The van der Waals surface area contributed by atoms with Gasteiger partial charge in [-0.3, -0.25) is 14.5 Å². The zero-order valence-corrected chi connectivity index (χ0v) is 19.7. The standard InChI is InChI=1S/C25H34N6O3/c1-17(32)29-20-6-8-21(9-7-20)30-24-12-23(27-16-28-24)25(34)26-13-22(33)15-31-11-10-18-4-2-3-5-19(18)14-31/h2-5,12,16,20-22,33H,6-11,13-15H2,1H3,(H,26,34)(H,29,32)(H,27,28,30)/t20-,21+,22-/m0/s1. The van der Waals surface area contributed by atoms with Gasteiger partial charge in [0.2, 0.25) is 5.91 Å². The second-order valence-electron chi connectivity index (χ2n) is 9.30. The molecule has 4 rings (SSSR count). The molecule has 1 aromatic heterocycles. The molecular weight excluding hydrogens is 432 g/mol. The minimum atomic E-state index is -0.660. The predicted octanol–water partition coefficient (Wildman–Crippen LogP) is 1.48. The number of β-amino-alcohol motifs (C(OH)–C–C–N with tert-alkyl or cyclic N) is 1. The SMILES string of the molecule is CC(=O)N[C@H]1CC[C@@H](Nc2cc(C(=O)NC[C@H](O)CN3CCc4ccccc4C3)ncn2)CC1. The number of nitrogens with one attached hydrogen (secondary N) is 3. The van der Waals surface area contributed by atoms with Gasteiger partial charge in [-0.05, 0) is 43.2 Å². The van der Waals surface area contributed by atoms with Crippen LogP contribution >= 0.6 is 0 Å². The molecule has 1 atom stereocenters. The predicted molar refractivity (Wildman–Crippen MR) is 129 cm³/mol. The molecule has 0 unspecified atom stereocenters. The molecule has 0 radical (unpaired) electrons. The van der Waals surface area contributed by atoms with Crippen molar-refractivity contribution in [1.82, 2.24) is 25.5 Å². The lowest BCUT2D eigenvalue weighted by atomic mass is 9.91. The lowest BCUT2D eigenvalue weighted by Gasteiger charge is -2.30. The van der Waals surface area contributed by atoms with Crippen molar-refractivity contribution in [3.63, 3.8) is 0 Å². The number of aliphatic hydroxyl groups is 1. The summed E-state index contributed by atoms with van der Waals surface area (Å²) in [6.07, 6.45) is 5.36. The maximum absolute atomic E-state index is 12.6. The highest BCUT2D eigenvalue weighted by Crippen LogP contribution is 2.22. The van der Waals surface area contributed by atoms with E-state index in [1.807, 2.05) is 6.07 Å².